The van der Waals surface area contributed by atoms with Crippen molar-refractivity contribution < 1.29 is 48.0 Å². The average molecular weight is 858 g/mol. The van der Waals surface area contributed by atoms with E-state index in [4.69, 9.17) is 32.7 Å². The zero-order valence-electron chi connectivity index (χ0n) is 31.1. The molecule has 4 aromatic rings. The lowest BCUT2D eigenvalue weighted by Gasteiger charge is -2.49. The average Bonchev–Trinajstić information content (AvgIpc) is 3.92. The van der Waals surface area contributed by atoms with Crippen LogP contribution in [0.3, 0.4) is 0 Å². The molecular weight excluding hydrogens is 819 g/mol. The first kappa shape index (κ1) is 40.7. The molecule has 0 radical (unpaired) electrons. The number of ketones is 1. The molecule has 2 atom stereocenters. The van der Waals surface area contributed by atoms with Gasteiger partial charge in [0.1, 0.15) is 36.1 Å². The van der Waals surface area contributed by atoms with E-state index in [0.717, 1.165) is 37.3 Å². The summed E-state index contributed by atoms with van der Waals surface area (Å²) < 4.78 is 20.8. The minimum absolute atomic E-state index is 0.0125. The number of oxime groups is 2. The van der Waals surface area contributed by atoms with Crippen molar-refractivity contribution in [1.29, 1.82) is 0 Å². The van der Waals surface area contributed by atoms with Gasteiger partial charge in [-0.1, -0.05) is 21.9 Å². The van der Waals surface area contributed by atoms with Gasteiger partial charge in [0.15, 0.2) is 28.7 Å². The molecule has 2 fully saturated rings. The van der Waals surface area contributed by atoms with Gasteiger partial charge in [-0.15, -0.1) is 27.6 Å². The lowest BCUT2D eigenvalue weighted by Crippen LogP contribution is -2.62. The molecule has 0 aliphatic carbocycles. The van der Waals surface area contributed by atoms with E-state index >= 15 is 4.39 Å². The number of carboxylic acids is 2. The Morgan fingerprint density at radius 2 is 1.95 bits per heavy atom. The predicted octanol–water partition coefficient (Wildman–Crippen LogP) is 2.41. The minimum atomic E-state index is -1.77. The number of aromatic nitrogens is 4. The number of hydrogen-bond donors (Lipinski definition) is 5. The molecule has 7 rings (SSSR count). The summed E-state index contributed by atoms with van der Waals surface area (Å²) in [4.78, 5) is 67.4. The molecule has 1 aromatic carbocycles. The maximum absolute atomic E-state index is 15.5. The van der Waals surface area contributed by atoms with E-state index in [1.165, 1.54) is 48.0 Å². The number of amidine groups is 1. The van der Waals surface area contributed by atoms with Crippen molar-refractivity contribution in [2.24, 2.45) is 22.0 Å². The number of thiazole rings is 1. The number of nitrogens with zero attached hydrogens (tertiary/aromatic N) is 7. The summed E-state index contributed by atoms with van der Waals surface area (Å²) in [6.45, 7) is 4.32. The highest BCUT2D eigenvalue weighted by Gasteiger charge is 2.54. The van der Waals surface area contributed by atoms with Crippen molar-refractivity contribution in [2.75, 3.05) is 24.6 Å². The molecule has 1 amide bonds. The second-order valence-corrected chi connectivity index (χ2v) is 16.7. The predicted molar refractivity (Wildman–Crippen MR) is 211 cm³/mol. The zero-order valence-corrected chi connectivity index (χ0v) is 33.5. The Bertz CT molecular complexity index is 2380. The van der Waals surface area contributed by atoms with Crippen molar-refractivity contribution in [3.8, 4) is 0 Å². The number of carbonyl (C=O) groups excluding carboxylic acids is 2. The highest BCUT2D eigenvalue weighted by molar-refractivity contribution is 8.00. The number of rotatable bonds is 15. The van der Waals surface area contributed by atoms with E-state index in [1.807, 2.05) is 0 Å². The number of piperidine rings is 1. The van der Waals surface area contributed by atoms with Crippen LogP contribution in [0.5, 0.6) is 0 Å². The van der Waals surface area contributed by atoms with E-state index in [0.29, 0.717) is 16.8 Å². The Kier molecular flexibility index (Phi) is 11.5. The van der Waals surface area contributed by atoms with Crippen LogP contribution in [0.25, 0.3) is 5.65 Å². The third kappa shape index (κ3) is 8.11. The van der Waals surface area contributed by atoms with E-state index in [2.05, 4.69) is 20.6 Å². The number of halogens is 2. The second-order valence-electron chi connectivity index (χ2n) is 14.3. The third-order valence-electron chi connectivity index (χ3n) is 9.97. The summed E-state index contributed by atoms with van der Waals surface area (Å²) in [6, 6.07) is 4.59. The summed E-state index contributed by atoms with van der Waals surface area (Å²) in [6.07, 6.45) is 6.37. The number of amides is 1. The van der Waals surface area contributed by atoms with Crippen molar-refractivity contribution in [1.82, 2.24) is 24.4 Å². The third-order valence-corrected chi connectivity index (χ3v) is 12.4. The molecule has 0 spiro atoms. The number of nitrogens with two attached hydrogens (primary N) is 2. The minimum Gasteiger partial charge on any atom is -0.478 e. The summed E-state index contributed by atoms with van der Waals surface area (Å²) in [5.41, 5.74) is 11.3. The number of β-lactam (4-membered cyclic amide) rings is 1. The van der Waals surface area contributed by atoms with E-state index < -0.39 is 46.3 Å². The summed E-state index contributed by atoms with van der Waals surface area (Å²) in [7, 11) is 0. The van der Waals surface area contributed by atoms with Gasteiger partial charge in [0, 0.05) is 28.7 Å². The summed E-state index contributed by atoms with van der Waals surface area (Å²) in [5.74, 6) is -5.05. The van der Waals surface area contributed by atoms with Crippen LogP contribution in [0, 0.1) is 11.7 Å². The van der Waals surface area contributed by atoms with Gasteiger partial charge in [-0.3, -0.25) is 14.5 Å². The number of imidazole rings is 1. The first-order valence-corrected chi connectivity index (χ1v) is 20.3. The van der Waals surface area contributed by atoms with Crippen LogP contribution >= 0.6 is 34.7 Å². The number of hydrogen-bond acceptors (Lipinski definition) is 13. The number of nitrogen functional groups attached to an aromatic ring is 1. The smallest absolute Gasteiger partial charge is 0.352 e. The number of carbonyl (C=O) groups is 4. The first-order valence-electron chi connectivity index (χ1n) is 18.0. The number of fused-ring (bicyclic) bond motifs is 2. The summed E-state index contributed by atoms with van der Waals surface area (Å²) in [5, 5.41) is 31.9. The van der Waals surface area contributed by atoms with Crippen molar-refractivity contribution in [3.63, 3.8) is 0 Å². The Labute approximate surface area is 342 Å². The SMILES string of the molecule is CC(C)(O/N=C(\C(=O)C[C@@H]1C(=O)N2C(C(=O)O)=C(Cn3ccc4n3cc[n+]4Cc3c(F)cc(C(N)=NOC4CCNCC4)cc3Cl)CS[C@H]12)c1csc(N)n1)C(=O)O. The quantitative estimate of drug-likeness (QED) is 0.0380. The monoisotopic (exact) mass is 857 g/mol. The molecule has 22 heteroatoms. The van der Waals surface area contributed by atoms with Gasteiger partial charge in [-0.25, -0.2) is 28.2 Å². The second kappa shape index (κ2) is 16.4. The van der Waals surface area contributed by atoms with Crippen molar-refractivity contribution in [2.45, 2.75) is 63.3 Å². The Hall–Kier alpha value is -5.51. The maximum Gasteiger partial charge on any atom is 0.352 e. The molecule has 18 nitrogen and oxygen atoms in total. The fraction of sp³-hybridized carbons (Fsp3) is 0.389. The number of anilines is 1. The van der Waals surface area contributed by atoms with Gasteiger partial charge in [-0.05, 0) is 57.5 Å². The van der Waals surface area contributed by atoms with Crippen LogP contribution in [0.2, 0.25) is 5.02 Å². The molecule has 2 saturated heterocycles. The Balaban J connectivity index is 1.05. The highest BCUT2D eigenvalue weighted by atomic mass is 35.5. The number of thioether (sulfide) groups is 1. The molecule has 6 heterocycles. The molecule has 0 bridgehead atoms. The lowest BCUT2D eigenvalue weighted by atomic mass is 9.89. The number of benzene rings is 1. The van der Waals surface area contributed by atoms with Crippen molar-refractivity contribution in [3.05, 3.63) is 81.1 Å². The molecular formula is C36H39ClFN10O8S2+. The Morgan fingerprint density at radius 3 is 2.62 bits per heavy atom. The Morgan fingerprint density at radius 1 is 1.19 bits per heavy atom. The van der Waals surface area contributed by atoms with Gasteiger partial charge >= 0.3 is 17.6 Å². The number of carboxylic acid groups (broad SMARTS) is 2. The van der Waals surface area contributed by atoms with Crippen LogP contribution < -0.4 is 21.4 Å². The normalized spacial score (nSPS) is 19.3. The van der Waals surface area contributed by atoms with Crippen LogP contribution in [0.15, 0.2) is 63.8 Å². The summed E-state index contributed by atoms with van der Waals surface area (Å²) >= 11 is 8.92. The number of Topliss-reactive ketones (excluding diaryl/α,β-unsaturated/α-hetero) is 1. The van der Waals surface area contributed by atoms with Crippen molar-refractivity contribution >= 4 is 80.7 Å². The molecule has 3 aliphatic heterocycles. The number of aliphatic carboxylic acids is 2. The number of nitrogens with one attached hydrogen (secondary N) is 1. The maximum atomic E-state index is 15.5. The fourth-order valence-corrected chi connectivity index (χ4v) is 8.95. The topological polar surface area (TPSA) is 245 Å². The molecule has 3 aliphatic rings. The standard InChI is InChI=1S/C36H38ClFN10O8S2/c1-36(2,34(53)54)56-43-28(25-17-58-35(40)42-25)26(49)13-21-31(50)48-29(33(51)52)19(16-57-32(21)48)14-46-8-5-27-45(9-10-47(27)46)15-22-23(37)11-18(12-24(22)38)30(39)44-55-20-3-6-41-7-4-20/h5,8-12,17,20-21,32,41H,3-4,6-7,13-16H2,1-2H3,(H5-,39,40,42,44,51,52,53,54)/p+1/b43-28-/t21-,32-/m1/s1. The van der Waals surface area contributed by atoms with Gasteiger partial charge in [0.05, 0.1) is 35.1 Å². The van der Waals surface area contributed by atoms with E-state index in [9.17, 15) is 29.4 Å². The zero-order chi connectivity index (χ0) is 41.5. The molecule has 3 aromatic heterocycles. The molecule has 0 unspecified atom stereocenters. The van der Waals surface area contributed by atoms with Gasteiger partial charge < -0.3 is 36.7 Å². The van der Waals surface area contributed by atoms with E-state index in [-0.39, 0.29) is 70.0 Å². The molecule has 306 valence electrons. The highest BCUT2D eigenvalue weighted by Crippen LogP contribution is 2.45. The molecule has 0 saturated carbocycles. The van der Waals surface area contributed by atoms with Gasteiger partial charge in [0.25, 0.3) is 0 Å². The molecule has 58 heavy (non-hydrogen) atoms. The molecule has 7 N–H and O–H groups in total. The van der Waals surface area contributed by atoms with Crippen LogP contribution in [0.4, 0.5) is 9.52 Å². The first-order chi connectivity index (χ1) is 27.6. The van der Waals surface area contributed by atoms with Crippen LogP contribution in [-0.4, -0.2) is 100 Å². The largest absolute Gasteiger partial charge is 0.478 e. The van der Waals surface area contributed by atoms with Gasteiger partial charge in [-0.2, -0.15) is 0 Å². The van der Waals surface area contributed by atoms with Gasteiger partial charge in [0.2, 0.25) is 11.5 Å². The van der Waals surface area contributed by atoms with E-state index in [1.54, 1.807) is 38.4 Å². The van der Waals surface area contributed by atoms with Crippen LogP contribution in [0.1, 0.15) is 49.9 Å². The lowest BCUT2D eigenvalue weighted by molar-refractivity contribution is -0.662. The van der Waals surface area contributed by atoms with Crippen LogP contribution in [-0.2, 0) is 41.9 Å². The fourth-order valence-electron chi connectivity index (χ4n) is 6.73.